The molecule has 0 amide bonds. The van der Waals surface area contributed by atoms with Crippen LogP contribution in [0.3, 0.4) is 0 Å². The van der Waals surface area contributed by atoms with E-state index in [4.69, 9.17) is 4.55 Å². The van der Waals surface area contributed by atoms with E-state index in [0.29, 0.717) is 11.0 Å². The van der Waals surface area contributed by atoms with Crippen molar-refractivity contribution in [1.29, 1.82) is 0 Å². The van der Waals surface area contributed by atoms with Gasteiger partial charge in [0.2, 0.25) is 0 Å². The maximum absolute atomic E-state index is 10.6. The van der Waals surface area contributed by atoms with Gasteiger partial charge in [-0.3, -0.25) is 4.55 Å². The van der Waals surface area contributed by atoms with Crippen molar-refractivity contribution < 1.29 is 17.5 Å². The van der Waals surface area contributed by atoms with Crippen LogP contribution in [-0.2, 0) is 10.1 Å². The minimum atomic E-state index is -3.85. The van der Waals surface area contributed by atoms with Gasteiger partial charge in [-0.1, -0.05) is 0 Å². The van der Waals surface area contributed by atoms with Gasteiger partial charge >= 0.3 is 0 Å². The molecule has 1 N–H and O–H groups in total. The van der Waals surface area contributed by atoms with Crippen LogP contribution in [0.4, 0.5) is 0 Å². The summed E-state index contributed by atoms with van der Waals surface area (Å²) in [5, 5.41) is -0.692. The average molecular weight is 182 g/mol. The zero-order valence-corrected chi connectivity index (χ0v) is 8.22. The first-order chi connectivity index (χ1) is 4.63. The third-order valence-electron chi connectivity index (χ3n) is 1.31. The Kier molecular flexibility index (Phi) is 3.05. The third kappa shape index (κ3) is 5.17. The van der Waals surface area contributed by atoms with Crippen LogP contribution < -0.4 is 0 Å². The highest BCUT2D eigenvalue weighted by Gasteiger charge is 2.23. The number of hydrogen-bond acceptors (Lipinski definition) is 2. The average Bonchev–Trinajstić information content (AvgIpc) is 1.56. The standard InChI is InChI=1S/C6H15NO3S/c1-6(11(8,9)10)5-7(2,3)4/h6H,5H2,1-4H3/p+1. The fraction of sp³-hybridized carbons (Fsp3) is 1.00. The van der Waals surface area contributed by atoms with E-state index in [0.717, 1.165) is 0 Å². The maximum Gasteiger partial charge on any atom is 0.273 e. The zero-order valence-electron chi connectivity index (χ0n) is 7.40. The van der Waals surface area contributed by atoms with Crippen LogP contribution in [0.2, 0.25) is 0 Å². The monoisotopic (exact) mass is 182 g/mol. The SMILES string of the molecule is CC(C[N+](C)(C)C)S(=O)(=O)O. The molecule has 1 atom stereocenters. The van der Waals surface area contributed by atoms with Gasteiger partial charge in [-0.2, -0.15) is 8.42 Å². The van der Waals surface area contributed by atoms with E-state index >= 15 is 0 Å². The number of quaternary nitrogens is 1. The molecule has 0 bridgehead atoms. The molecule has 0 heterocycles. The summed E-state index contributed by atoms with van der Waals surface area (Å²) in [5.41, 5.74) is 0. The van der Waals surface area contributed by atoms with E-state index in [9.17, 15) is 8.42 Å². The van der Waals surface area contributed by atoms with E-state index in [1.54, 1.807) is 0 Å². The highest BCUT2D eigenvalue weighted by Crippen LogP contribution is 2.02. The molecule has 0 saturated heterocycles. The summed E-state index contributed by atoms with van der Waals surface area (Å²) < 4.78 is 30.2. The second-order valence-electron chi connectivity index (χ2n) is 3.80. The molecular weight excluding hydrogens is 166 g/mol. The Balaban J connectivity index is 4.22. The summed E-state index contributed by atoms with van der Waals surface area (Å²) in [6.45, 7) is 1.91. The summed E-state index contributed by atoms with van der Waals surface area (Å²) in [7, 11) is 1.78. The van der Waals surface area contributed by atoms with E-state index in [2.05, 4.69) is 0 Å². The lowest BCUT2D eigenvalue weighted by atomic mass is 10.4. The van der Waals surface area contributed by atoms with Crippen LogP contribution in [0, 0.1) is 0 Å². The Morgan fingerprint density at radius 3 is 1.82 bits per heavy atom. The van der Waals surface area contributed by atoms with Gasteiger partial charge in [-0.15, -0.1) is 0 Å². The van der Waals surface area contributed by atoms with Gasteiger partial charge in [-0.25, -0.2) is 0 Å². The molecule has 68 valence electrons. The molecule has 0 fully saturated rings. The van der Waals surface area contributed by atoms with Crippen molar-refractivity contribution >= 4 is 10.1 Å². The lowest BCUT2D eigenvalue weighted by molar-refractivity contribution is -0.869. The highest BCUT2D eigenvalue weighted by molar-refractivity contribution is 7.86. The van der Waals surface area contributed by atoms with Gasteiger partial charge < -0.3 is 4.48 Å². The van der Waals surface area contributed by atoms with Gasteiger partial charge in [0.15, 0.2) is 0 Å². The predicted octanol–water partition coefficient (Wildman–Crippen LogP) is -0.0311. The van der Waals surface area contributed by atoms with Gasteiger partial charge in [0.05, 0.1) is 27.7 Å². The number of rotatable bonds is 3. The topological polar surface area (TPSA) is 54.4 Å². The van der Waals surface area contributed by atoms with Crippen molar-refractivity contribution in [2.75, 3.05) is 27.7 Å². The number of nitrogens with zero attached hydrogens (tertiary/aromatic N) is 1. The number of hydrogen-bond donors (Lipinski definition) is 1. The van der Waals surface area contributed by atoms with Crippen LogP contribution in [0.1, 0.15) is 6.92 Å². The molecular formula is C6H16NO3S+. The third-order valence-corrected chi connectivity index (χ3v) is 2.48. The summed E-state index contributed by atoms with van der Waals surface area (Å²) in [6, 6.07) is 0. The second-order valence-corrected chi connectivity index (χ2v) is 5.63. The largest absolute Gasteiger partial charge is 0.330 e. The van der Waals surface area contributed by atoms with Crippen LogP contribution in [-0.4, -0.2) is 50.4 Å². The Labute approximate surface area is 68.2 Å². The molecule has 0 aliphatic rings. The molecule has 0 saturated carbocycles. The summed E-state index contributed by atoms with van der Waals surface area (Å²) >= 11 is 0. The highest BCUT2D eigenvalue weighted by atomic mass is 32.2. The molecule has 0 aromatic rings. The van der Waals surface area contributed by atoms with Crippen molar-refractivity contribution in [2.45, 2.75) is 12.2 Å². The summed E-state index contributed by atoms with van der Waals surface area (Å²) in [4.78, 5) is 0. The molecule has 0 rings (SSSR count). The minimum absolute atomic E-state index is 0.416. The van der Waals surface area contributed by atoms with E-state index < -0.39 is 15.4 Å². The molecule has 0 aromatic carbocycles. The maximum atomic E-state index is 10.6. The van der Waals surface area contributed by atoms with Crippen molar-refractivity contribution in [3.8, 4) is 0 Å². The molecule has 4 nitrogen and oxygen atoms in total. The van der Waals surface area contributed by atoms with Gasteiger partial charge in [-0.05, 0) is 6.92 Å². The van der Waals surface area contributed by atoms with Crippen molar-refractivity contribution in [1.82, 2.24) is 0 Å². The van der Waals surface area contributed by atoms with Crippen LogP contribution >= 0.6 is 0 Å². The summed E-state index contributed by atoms with van der Waals surface area (Å²) in [5.74, 6) is 0. The van der Waals surface area contributed by atoms with Gasteiger partial charge in [0.25, 0.3) is 10.1 Å². The molecule has 0 aromatic heterocycles. The Morgan fingerprint density at radius 2 is 1.73 bits per heavy atom. The normalized spacial score (nSPS) is 16.5. The zero-order chi connectivity index (χ0) is 9.28. The summed E-state index contributed by atoms with van der Waals surface area (Å²) in [6.07, 6.45) is 0. The molecule has 5 heteroatoms. The Bertz CT molecular complexity index is 214. The first-order valence-electron chi connectivity index (χ1n) is 3.40. The van der Waals surface area contributed by atoms with Crippen LogP contribution in [0.5, 0.6) is 0 Å². The predicted molar refractivity (Wildman–Crippen MR) is 43.9 cm³/mol. The lowest BCUT2D eigenvalue weighted by Crippen LogP contribution is -2.42. The van der Waals surface area contributed by atoms with Crippen molar-refractivity contribution in [3.63, 3.8) is 0 Å². The van der Waals surface area contributed by atoms with E-state index in [-0.39, 0.29) is 0 Å². The first-order valence-corrected chi connectivity index (χ1v) is 4.90. The lowest BCUT2D eigenvalue weighted by Gasteiger charge is -2.25. The molecule has 0 aliphatic carbocycles. The van der Waals surface area contributed by atoms with Crippen LogP contribution in [0.25, 0.3) is 0 Å². The fourth-order valence-electron chi connectivity index (χ4n) is 0.866. The Morgan fingerprint density at radius 1 is 1.36 bits per heavy atom. The van der Waals surface area contributed by atoms with E-state index in [1.807, 2.05) is 21.1 Å². The van der Waals surface area contributed by atoms with Gasteiger partial charge in [0, 0.05) is 0 Å². The molecule has 0 radical (unpaired) electrons. The molecule has 0 spiro atoms. The Hall–Kier alpha value is -0.130. The van der Waals surface area contributed by atoms with E-state index in [1.165, 1.54) is 6.92 Å². The van der Waals surface area contributed by atoms with Crippen LogP contribution in [0.15, 0.2) is 0 Å². The van der Waals surface area contributed by atoms with Crippen molar-refractivity contribution in [2.24, 2.45) is 0 Å². The van der Waals surface area contributed by atoms with Gasteiger partial charge in [0.1, 0.15) is 5.25 Å². The van der Waals surface area contributed by atoms with Crippen molar-refractivity contribution in [3.05, 3.63) is 0 Å². The smallest absolute Gasteiger partial charge is 0.273 e. The second kappa shape index (κ2) is 3.08. The first kappa shape index (κ1) is 10.9. The molecule has 11 heavy (non-hydrogen) atoms. The quantitative estimate of drug-likeness (QED) is 0.492. The fourth-order valence-corrected chi connectivity index (χ4v) is 1.50. The minimum Gasteiger partial charge on any atom is -0.330 e. The molecule has 1 unspecified atom stereocenters. The molecule has 0 aliphatic heterocycles.